The van der Waals surface area contributed by atoms with Gasteiger partial charge in [-0.25, -0.2) is 0 Å². The van der Waals surface area contributed by atoms with Crippen LogP contribution in [-0.4, -0.2) is 41.4 Å². The number of nitrogens with zero attached hydrogens (tertiary/aromatic N) is 2. The van der Waals surface area contributed by atoms with Crippen LogP contribution in [0, 0.1) is 10.1 Å². The van der Waals surface area contributed by atoms with Crippen LogP contribution in [0.1, 0.15) is 31.4 Å². The van der Waals surface area contributed by atoms with Gasteiger partial charge in [0.2, 0.25) is 5.91 Å². The number of furan rings is 1. The van der Waals surface area contributed by atoms with Gasteiger partial charge in [-0.2, -0.15) is 0 Å². The van der Waals surface area contributed by atoms with Gasteiger partial charge < -0.3 is 15.5 Å². The maximum atomic E-state index is 11.7. The second kappa shape index (κ2) is 9.48. The Morgan fingerprint density at radius 1 is 1.32 bits per heavy atom. The maximum absolute atomic E-state index is 11.7. The Bertz CT molecular complexity index is 820. The van der Waals surface area contributed by atoms with Crippen molar-refractivity contribution < 1.29 is 14.1 Å². The van der Waals surface area contributed by atoms with Crippen LogP contribution in [0.3, 0.4) is 0 Å². The van der Waals surface area contributed by atoms with E-state index in [1.165, 1.54) is 12.1 Å². The molecule has 1 fully saturated rings. The number of nitro benzene ring substituents is 1. The minimum atomic E-state index is -0.412. The summed E-state index contributed by atoms with van der Waals surface area (Å²) in [4.78, 5) is 24.6. The summed E-state index contributed by atoms with van der Waals surface area (Å²) in [7, 11) is 0. The number of carbonyl (C=O) groups is 1. The number of nitro groups is 1. The molecule has 1 saturated heterocycles. The van der Waals surface area contributed by atoms with Gasteiger partial charge in [-0.3, -0.25) is 19.8 Å². The molecule has 2 heterocycles. The fraction of sp³-hybridized carbons (Fsp3) is 0.450. The van der Waals surface area contributed by atoms with E-state index in [9.17, 15) is 14.9 Å². The maximum Gasteiger partial charge on any atom is 0.270 e. The highest BCUT2D eigenvalue weighted by atomic mass is 16.6. The van der Waals surface area contributed by atoms with Crippen LogP contribution in [-0.2, 0) is 11.3 Å². The van der Waals surface area contributed by atoms with Gasteiger partial charge in [-0.15, -0.1) is 0 Å². The van der Waals surface area contributed by atoms with Crippen LogP contribution in [0.5, 0.6) is 0 Å². The largest absolute Gasteiger partial charge is 0.460 e. The van der Waals surface area contributed by atoms with Gasteiger partial charge in [-0.05, 0) is 31.5 Å². The molecule has 1 aliphatic rings. The summed E-state index contributed by atoms with van der Waals surface area (Å²) in [5, 5.41) is 13.9. The third-order valence-electron chi connectivity index (χ3n) is 5.02. The van der Waals surface area contributed by atoms with Crippen LogP contribution >= 0.6 is 0 Å². The van der Waals surface area contributed by atoms with Gasteiger partial charge in [0.15, 0.2) is 0 Å². The molecule has 28 heavy (non-hydrogen) atoms. The van der Waals surface area contributed by atoms with E-state index in [4.69, 9.17) is 10.2 Å². The minimum Gasteiger partial charge on any atom is -0.460 e. The molecule has 1 atom stereocenters. The minimum absolute atomic E-state index is 0.0148. The van der Waals surface area contributed by atoms with Crippen LogP contribution in [0.15, 0.2) is 40.8 Å². The second-order valence-electron chi connectivity index (χ2n) is 7.04. The number of non-ortho nitro benzene ring substituents is 1. The SMILES string of the molecule is NCCC(=O)NCC1CCCCN1Cc1ccc(-c2cccc([N+](=O)[O-])c2)o1. The Hall–Kier alpha value is -2.71. The highest BCUT2D eigenvalue weighted by Gasteiger charge is 2.24. The van der Waals surface area contributed by atoms with E-state index in [0.717, 1.165) is 31.6 Å². The van der Waals surface area contributed by atoms with E-state index < -0.39 is 4.92 Å². The van der Waals surface area contributed by atoms with Crippen molar-refractivity contribution in [3.05, 3.63) is 52.3 Å². The molecule has 0 spiro atoms. The Kier molecular flexibility index (Phi) is 6.78. The van der Waals surface area contributed by atoms with E-state index in [2.05, 4.69) is 10.2 Å². The first-order valence-corrected chi connectivity index (χ1v) is 9.61. The van der Waals surface area contributed by atoms with Gasteiger partial charge in [-0.1, -0.05) is 18.6 Å². The molecule has 1 aromatic carbocycles. The lowest BCUT2D eigenvalue weighted by atomic mass is 10.0. The third kappa shape index (κ3) is 5.17. The number of benzene rings is 1. The molecule has 0 radical (unpaired) electrons. The fourth-order valence-corrected chi connectivity index (χ4v) is 3.54. The van der Waals surface area contributed by atoms with Crippen molar-refractivity contribution in [3.8, 4) is 11.3 Å². The zero-order chi connectivity index (χ0) is 19.9. The van der Waals surface area contributed by atoms with E-state index >= 15 is 0 Å². The molecule has 1 amide bonds. The van der Waals surface area contributed by atoms with Crippen molar-refractivity contribution in [3.63, 3.8) is 0 Å². The highest BCUT2D eigenvalue weighted by molar-refractivity contribution is 5.76. The number of nitrogens with one attached hydrogen (secondary N) is 1. The number of carbonyl (C=O) groups excluding carboxylic acids is 1. The van der Waals surface area contributed by atoms with Crippen molar-refractivity contribution in [2.24, 2.45) is 5.73 Å². The number of piperidine rings is 1. The summed E-state index contributed by atoms with van der Waals surface area (Å²) in [6.07, 6.45) is 3.63. The molecule has 0 bridgehead atoms. The number of nitrogens with two attached hydrogens (primary N) is 1. The monoisotopic (exact) mass is 386 g/mol. The number of hydrogen-bond donors (Lipinski definition) is 2. The molecular weight excluding hydrogens is 360 g/mol. The third-order valence-corrected chi connectivity index (χ3v) is 5.02. The molecular formula is C20H26N4O4. The Morgan fingerprint density at radius 2 is 2.18 bits per heavy atom. The van der Waals surface area contributed by atoms with Crippen molar-refractivity contribution in [1.82, 2.24) is 10.2 Å². The lowest BCUT2D eigenvalue weighted by Gasteiger charge is -2.35. The summed E-state index contributed by atoms with van der Waals surface area (Å²) in [6.45, 7) is 2.56. The Morgan fingerprint density at radius 3 is 2.96 bits per heavy atom. The number of likely N-dealkylation sites (tertiary alicyclic amines) is 1. The molecule has 2 aromatic rings. The predicted octanol–water partition coefficient (Wildman–Crippen LogP) is 2.67. The summed E-state index contributed by atoms with van der Waals surface area (Å²) in [5.41, 5.74) is 6.15. The van der Waals surface area contributed by atoms with Gasteiger partial charge in [0.05, 0.1) is 11.5 Å². The molecule has 1 aliphatic heterocycles. The van der Waals surface area contributed by atoms with E-state index in [-0.39, 0.29) is 17.6 Å². The summed E-state index contributed by atoms with van der Waals surface area (Å²) in [5.74, 6) is 1.41. The molecule has 8 nitrogen and oxygen atoms in total. The summed E-state index contributed by atoms with van der Waals surface area (Å²) in [6, 6.07) is 10.4. The zero-order valence-electron chi connectivity index (χ0n) is 15.8. The summed E-state index contributed by atoms with van der Waals surface area (Å²) < 4.78 is 5.95. The van der Waals surface area contributed by atoms with Gasteiger partial charge in [0.25, 0.3) is 5.69 Å². The number of amides is 1. The van der Waals surface area contributed by atoms with Crippen molar-refractivity contribution >= 4 is 11.6 Å². The first-order valence-electron chi connectivity index (χ1n) is 9.61. The van der Waals surface area contributed by atoms with Gasteiger partial charge in [0.1, 0.15) is 11.5 Å². The van der Waals surface area contributed by atoms with Gasteiger partial charge >= 0.3 is 0 Å². The predicted molar refractivity (Wildman–Crippen MR) is 106 cm³/mol. The van der Waals surface area contributed by atoms with Gasteiger partial charge in [0, 0.05) is 43.2 Å². The molecule has 0 aliphatic carbocycles. The molecule has 8 heteroatoms. The van der Waals surface area contributed by atoms with Crippen molar-refractivity contribution in [2.45, 2.75) is 38.3 Å². The van der Waals surface area contributed by atoms with E-state index in [0.29, 0.717) is 37.4 Å². The van der Waals surface area contributed by atoms with Crippen LogP contribution in [0.25, 0.3) is 11.3 Å². The fourth-order valence-electron chi connectivity index (χ4n) is 3.54. The standard InChI is InChI=1S/C20H26N4O4/c21-10-9-20(25)22-13-17-5-1-2-11-23(17)14-18-7-8-19(28-18)15-4-3-6-16(12-15)24(26)27/h3-4,6-8,12,17H,1-2,5,9-11,13-14,21H2,(H,22,25). The first-order chi connectivity index (χ1) is 13.6. The van der Waals surface area contributed by atoms with Crippen LogP contribution in [0.2, 0.25) is 0 Å². The molecule has 1 unspecified atom stereocenters. The molecule has 3 N–H and O–H groups in total. The summed E-state index contributed by atoms with van der Waals surface area (Å²) >= 11 is 0. The number of rotatable bonds is 8. The Balaban J connectivity index is 1.65. The molecule has 3 rings (SSSR count). The molecule has 0 saturated carbocycles. The first kappa shape index (κ1) is 20.0. The lowest BCUT2D eigenvalue weighted by molar-refractivity contribution is -0.384. The highest BCUT2D eigenvalue weighted by Crippen LogP contribution is 2.27. The van der Waals surface area contributed by atoms with Crippen LogP contribution in [0.4, 0.5) is 5.69 Å². The van der Waals surface area contributed by atoms with Crippen molar-refractivity contribution in [2.75, 3.05) is 19.6 Å². The second-order valence-corrected chi connectivity index (χ2v) is 7.04. The van der Waals surface area contributed by atoms with E-state index in [1.807, 2.05) is 12.1 Å². The zero-order valence-corrected chi connectivity index (χ0v) is 15.8. The molecule has 1 aromatic heterocycles. The Labute approximate surface area is 163 Å². The smallest absolute Gasteiger partial charge is 0.270 e. The average molecular weight is 386 g/mol. The average Bonchev–Trinajstić information content (AvgIpc) is 3.16. The van der Waals surface area contributed by atoms with Crippen LogP contribution < -0.4 is 11.1 Å². The number of hydrogen-bond acceptors (Lipinski definition) is 6. The lowest BCUT2D eigenvalue weighted by Crippen LogP contribution is -2.46. The van der Waals surface area contributed by atoms with Crippen molar-refractivity contribution in [1.29, 1.82) is 0 Å². The quantitative estimate of drug-likeness (QED) is 0.532. The normalized spacial score (nSPS) is 17.4. The molecule has 150 valence electrons. The van der Waals surface area contributed by atoms with E-state index in [1.54, 1.807) is 12.1 Å². The topological polar surface area (TPSA) is 115 Å².